The Labute approximate surface area is 160 Å². The van der Waals surface area contributed by atoms with Gasteiger partial charge in [0.05, 0.1) is 18.1 Å². The number of hydrogen-bond acceptors (Lipinski definition) is 5. The van der Waals surface area contributed by atoms with Gasteiger partial charge in [-0.25, -0.2) is 8.42 Å². The van der Waals surface area contributed by atoms with Crippen molar-refractivity contribution in [3.05, 3.63) is 65.2 Å². The van der Waals surface area contributed by atoms with Crippen molar-refractivity contribution in [1.82, 2.24) is 10.2 Å². The van der Waals surface area contributed by atoms with E-state index in [2.05, 4.69) is 22.3 Å². The molecule has 2 aromatic carbocycles. The van der Waals surface area contributed by atoms with Crippen LogP contribution in [0.4, 0.5) is 0 Å². The molecular weight excluding hydrogens is 364 g/mol. The summed E-state index contributed by atoms with van der Waals surface area (Å²) in [6.45, 7) is 4.75. The van der Waals surface area contributed by atoms with E-state index in [1.54, 1.807) is 12.1 Å². The SMILES string of the molecule is CS(=O)(=O)c1cccc(C(=O)NCc2ccc(CN3CCOCC3)cc2)c1. The molecule has 1 saturated heterocycles. The third-order valence-electron chi connectivity index (χ3n) is 4.51. The average Bonchev–Trinajstić information content (AvgIpc) is 2.67. The molecule has 144 valence electrons. The summed E-state index contributed by atoms with van der Waals surface area (Å²) in [7, 11) is -3.33. The molecule has 1 aliphatic heterocycles. The summed E-state index contributed by atoms with van der Waals surface area (Å²) in [5.74, 6) is -0.294. The van der Waals surface area contributed by atoms with Crippen LogP contribution in [-0.2, 0) is 27.7 Å². The minimum atomic E-state index is -3.33. The van der Waals surface area contributed by atoms with Crippen molar-refractivity contribution >= 4 is 15.7 Å². The molecule has 0 radical (unpaired) electrons. The maximum absolute atomic E-state index is 12.3. The third kappa shape index (κ3) is 5.63. The molecule has 2 aromatic rings. The fraction of sp³-hybridized carbons (Fsp3) is 0.350. The number of carbonyl (C=O) groups excluding carboxylic acids is 1. The zero-order valence-electron chi connectivity index (χ0n) is 15.3. The highest BCUT2D eigenvalue weighted by Crippen LogP contribution is 2.12. The van der Waals surface area contributed by atoms with Crippen molar-refractivity contribution in [3.8, 4) is 0 Å². The summed E-state index contributed by atoms with van der Waals surface area (Å²) in [5, 5.41) is 2.83. The quantitative estimate of drug-likeness (QED) is 0.817. The second kappa shape index (κ2) is 8.65. The largest absolute Gasteiger partial charge is 0.379 e. The first-order valence-corrected chi connectivity index (χ1v) is 10.8. The third-order valence-corrected chi connectivity index (χ3v) is 5.62. The lowest BCUT2D eigenvalue weighted by Gasteiger charge is -2.26. The molecule has 1 N–H and O–H groups in total. The van der Waals surface area contributed by atoms with Gasteiger partial charge < -0.3 is 10.1 Å². The molecule has 7 heteroatoms. The van der Waals surface area contributed by atoms with Crippen molar-refractivity contribution < 1.29 is 17.9 Å². The van der Waals surface area contributed by atoms with Crippen LogP contribution in [-0.4, -0.2) is 51.8 Å². The topological polar surface area (TPSA) is 75.7 Å². The minimum absolute atomic E-state index is 0.141. The summed E-state index contributed by atoms with van der Waals surface area (Å²) in [6.07, 6.45) is 1.13. The van der Waals surface area contributed by atoms with Crippen LogP contribution >= 0.6 is 0 Å². The van der Waals surface area contributed by atoms with Gasteiger partial charge >= 0.3 is 0 Å². The Morgan fingerprint density at radius 2 is 1.74 bits per heavy atom. The molecule has 0 aromatic heterocycles. The molecule has 6 nitrogen and oxygen atoms in total. The van der Waals surface area contributed by atoms with E-state index in [0.29, 0.717) is 12.1 Å². The van der Waals surface area contributed by atoms with Gasteiger partial charge in [0.15, 0.2) is 9.84 Å². The Bertz CT molecular complexity index is 888. The maximum Gasteiger partial charge on any atom is 0.251 e. The monoisotopic (exact) mass is 388 g/mol. The minimum Gasteiger partial charge on any atom is -0.379 e. The molecule has 0 unspecified atom stereocenters. The van der Waals surface area contributed by atoms with Crippen molar-refractivity contribution in [1.29, 1.82) is 0 Å². The number of amides is 1. The number of benzene rings is 2. The van der Waals surface area contributed by atoms with Gasteiger partial charge in [0.25, 0.3) is 5.91 Å². The van der Waals surface area contributed by atoms with Gasteiger partial charge in [-0.15, -0.1) is 0 Å². The maximum atomic E-state index is 12.3. The molecule has 0 spiro atoms. The smallest absolute Gasteiger partial charge is 0.251 e. The zero-order chi connectivity index (χ0) is 19.3. The van der Waals surface area contributed by atoms with E-state index in [9.17, 15) is 13.2 Å². The number of ether oxygens (including phenoxy) is 1. The number of nitrogens with zero attached hydrogens (tertiary/aromatic N) is 1. The summed E-state index contributed by atoms with van der Waals surface area (Å²) in [6, 6.07) is 14.2. The Balaban J connectivity index is 1.56. The first kappa shape index (κ1) is 19.5. The van der Waals surface area contributed by atoms with E-state index in [4.69, 9.17) is 4.74 Å². The van der Waals surface area contributed by atoms with Gasteiger partial charge in [0.1, 0.15) is 0 Å². The number of nitrogens with one attached hydrogen (secondary N) is 1. The molecular formula is C20H24N2O4S. The van der Waals surface area contributed by atoms with E-state index in [0.717, 1.165) is 44.7 Å². The van der Waals surface area contributed by atoms with Crippen molar-refractivity contribution in [2.45, 2.75) is 18.0 Å². The predicted octanol–water partition coefficient (Wildman–Crippen LogP) is 1.85. The lowest BCUT2D eigenvalue weighted by molar-refractivity contribution is 0.0342. The standard InChI is InChI=1S/C20H24N2O4S/c1-27(24,25)19-4-2-3-18(13-19)20(23)21-14-16-5-7-17(8-6-16)15-22-9-11-26-12-10-22/h2-8,13H,9-12,14-15H2,1H3,(H,21,23). The summed E-state index contributed by atoms with van der Waals surface area (Å²) in [4.78, 5) is 14.8. The van der Waals surface area contributed by atoms with Crippen LogP contribution in [0.1, 0.15) is 21.5 Å². The predicted molar refractivity (Wildman–Crippen MR) is 103 cm³/mol. The van der Waals surface area contributed by atoms with Crippen LogP contribution in [0.2, 0.25) is 0 Å². The molecule has 0 aliphatic carbocycles. The number of carbonyl (C=O) groups is 1. The van der Waals surface area contributed by atoms with Crippen LogP contribution < -0.4 is 5.32 Å². The van der Waals surface area contributed by atoms with E-state index in [-0.39, 0.29) is 10.8 Å². The Morgan fingerprint density at radius 1 is 1.07 bits per heavy atom. The van der Waals surface area contributed by atoms with E-state index < -0.39 is 9.84 Å². The summed E-state index contributed by atoms with van der Waals surface area (Å²) >= 11 is 0. The second-order valence-corrected chi connectivity index (χ2v) is 8.70. The van der Waals surface area contributed by atoms with Crippen molar-refractivity contribution in [2.75, 3.05) is 32.6 Å². The molecule has 1 heterocycles. The van der Waals surface area contributed by atoms with Crippen LogP contribution in [0.25, 0.3) is 0 Å². The van der Waals surface area contributed by atoms with E-state index in [1.165, 1.54) is 17.7 Å². The first-order valence-electron chi connectivity index (χ1n) is 8.88. The molecule has 0 bridgehead atoms. The van der Waals surface area contributed by atoms with Crippen LogP contribution in [0.3, 0.4) is 0 Å². The van der Waals surface area contributed by atoms with E-state index in [1.807, 2.05) is 12.1 Å². The van der Waals surface area contributed by atoms with Gasteiger partial charge in [-0.05, 0) is 29.3 Å². The number of morpholine rings is 1. The fourth-order valence-electron chi connectivity index (χ4n) is 2.93. The van der Waals surface area contributed by atoms with Crippen LogP contribution in [0.15, 0.2) is 53.4 Å². The average molecular weight is 388 g/mol. The highest BCUT2D eigenvalue weighted by molar-refractivity contribution is 7.90. The van der Waals surface area contributed by atoms with Gasteiger partial charge in [-0.3, -0.25) is 9.69 Å². The molecule has 1 amide bonds. The Morgan fingerprint density at radius 3 is 2.41 bits per heavy atom. The number of sulfone groups is 1. The normalized spacial score (nSPS) is 15.4. The van der Waals surface area contributed by atoms with Crippen molar-refractivity contribution in [3.63, 3.8) is 0 Å². The lowest BCUT2D eigenvalue weighted by atomic mass is 10.1. The highest BCUT2D eigenvalue weighted by Gasteiger charge is 2.12. The summed E-state index contributed by atoms with van der Waals surface area (Å²) in [5.41, 5.74) is 2.56. The molecule has 1 aliphatic rings. The van der Waals surface area contributed by atoms with Crippen molar-refractivity contribution in [2.24, 2.45) is 0 Å². The summed E-state index contributed by atoms with van der Waals surface area (Å²) < 4.78 is 28.6. The Kier molecular flexibility index (Phi) is 6.26. The lowest BCUT2D eigenvalue weighted by Crippen LogP contribution is -2.35. The van der Waals surface area contributed by atoms with Crippen LogP contribution in [0.5, 0.6) is 0 Å². The molecule has 3 rings (SSSR count). The van der Waals surface area contributed by atoms with Gasteiger partial charge in [-0.1, -0.05) is 30.3 Å². The number of hydrogen-bond donors (Lipinski definition) is 1. The van der Waals surface area contributed by atoms with Crippen LogP contribution in [0, 0.1) is 0 Å². The molecule has 0 atom stereocenters. The Hall–Kier alpha value is -2.22. The van der Waals surface area contributed by atoms with E-state index >= 15 is 0 Å². The molecule has 1 fully saturated rings. The highest BCUT2D eigenvalue weighted by atomic mass is 32.2. The second-order valence-electron chi connectivity index (χ2n) is 6.69. The molecule has 0 saturated carbocycles. The number of rotatable bonds is 6. The van der Waals surface area contributed by atoms with Gasteiger partial charge in [-0.2, -0.15) is 0 Å². The van der Waals surface area contributed by atoms with Gasteiger partial charge in [0.2, 0.25) is 0 Å². The fourth-order valence-corrected chi connectivity index (χ4v) is 3.60. The molecule has 27 heavy (non-hydrogen) atoms. The van der Waals surface area contributed by atoms with Gasteiger partial charge in [0, 0.05) is 38.0 Å². The first-order chi connectivity index (χ1) is 12.9. The zero-order valence-corrected chi connectivity index (χ0v) is 16.2.